The van der Waals surface area contributed by atoms with Crippen molar-refractivity contribution in [3.05, 3.63) is 17.9 Å². The van der Waals surface area contributed by atoms with E-state index >= 15 is 0 Å². The van der Waals surface area contributed by atoms with E-state index in [0.29, 0.717) is 17.6 Å². The number of ether oxygens (including phenoxy) is 1. The summed E-state index contributed by atoms with van der Waals surface area (Å²) in [6.45, 7) is 2.16. The zero-order valence-electron chi connectivity index (χ0n) is 11.0. The van der Waals surface area contributed by atoms with Gasteiger partial charge >= 0.3 is 0 Å². The number of anilines is 2. The fourth-order valence-corrected chi connectivity index (χ4v) is 2.67. The van der Waals surface area contributed by atoms with Crippen molar-refractivity contribution < 1.29 is 9.13 Å². The Morgan fingerprint density at radius 2 is 2.06 bits per heavy atom. The average Bonchev–Trinajstić information content (AvgIpc) is 2.86. The maximum absolute atomic E-state index is 13.4. The molecule has 0 aliphatic heterocycles. The van der Waals surface area contributed by atoms with Gasteiger partial charge in [-0.2, -0.15) is 0 Å². The van der Waals surface area contributed by atoms with E-state index in [9.17, 15) is 4.39 Å². The molecule has 0 saturated heterocycles. The molecule has 100 valence electrons. The van der Waals surface area contributed by atoms with E-state index in [4.69, 9.17) is 10.5 Å². The van der Waals surface area contributed by atoms with Crippen LogP contribution in [0.2, 0.25) is 0 Å². The summed E-state index contributed by atoms with van der Waals surface area (Å²) in [4.78, 5) is 0. The fraction of sp³-hybridized carbons (Fsp3) is 0.571. The zero-order chi connectivity index (χ0) is 13.1. The topological polar surface area (TPSA) is 47.3 Å². The third-order valence-electron chi connectivity index (χ3n) is 3.81. The highest BCUT2D eigenvalue weighted by Crippen LogP contribution is 2.32. The van der Waals surface area contributed by atoms with E-state index in [2.05, 4.69) is 12.2 Å². The number of halogens is 1. The summed E-state index contributed by atoms with van der Waals surface area (Å²) in [5, 5.41) is 3.38. The molecule has 0 bridgehead atoms. The van der Waals surface area contributed by atoms with E-state index < -0.39 is 5.82 Å². The van der Waals surface area contributed by atoms with Crippen LogP contribution in [0.4, 0.5) is 15.8 Å². The van der Waals surface area contributed by atoms with Gasteiger partial charge in [0, 0.05) is 18.2 Å². The second kappa shape index (κ2) is 5.46. The predicted molar refractivity (Wildman–Crippen MR) is 72.4 cm³/mol. The lowest BCUT2D eigenvalue weighted by atomic mass is 9.99. The maximum atomic E-state index is 13.4. The number of nitrogen functional groups attached to an aromatic ring is 1. The monoisotopic (exact) mass is 252 g/mol. The number of hydrogen-bond donors (Lipinski definition) is 2. The van der Waals surface area contributed by atoms with E-state index in [1.807, 2.05) is 0 Å². The number of benzene rings is 1. The van der Waals surface area contributed by atoms with Gasteiger partial charge < -0.3 is 15.8 Å². The molecule has 1 fully saturated rings. The summed E-state index contributed by atoms with van der Waals surface area (Å²) in [6, 6.07) is 3.29. The van der Waals surface area contributed by atoms with Crippen LogP contribution >= 0.6 is 0 Å². The summed E-state index contributed by atoms with van der Waals surface area (Å²) in [5.41, 5.74) is 7.02. The van der Waals surface area contributed by atoms with Gasteiger partial charge in [0.25, 0.3) is 0 Å². The molecule has 1 aliphatic rings. The predicted octanol–water partition coefficient (Wildman–Crippen LogP) is 3.41. The van der Waals surface area contributed by atoms with E-state index in [-0.39, 0.29) is 5.75 Å². The number of nitrogens with two attached hydrogens (primary N) is 1. The van der Waals surface area contributed by atoms with Gasteiger partial charge in [0.05, 0.1) is 18.5 Å². The lowest BCUT2D eigenvalue weighted by Gasteiger charge is -2.23. The lowest BCUT2D eigenvalue weighted by Crippen LogP contribution is -2.24. The van der Waals surface area contributed by atoms with E-state index in [1.54, 1.807) is 6.07 Å². The minimum atomic E-state index is -0.422. The van der Waals surface area contributed by atoms with Crippen molar-refractivity contribution in [1.82, 2.24) is 0 Å². The molecule has 0 heterocycles. The van der Waals surface area contributed by atoms with Gasteiger partial charge in [-0.1, -0.05) is 12.8 Å². The lowest BCUT2D eigenvalue weighted by molar-refractivity contribution is 0.387. The van der Waals surface area contributed by atoms with Crippen molar-refractivity contribution in [2.45, 2.75) is 38.6 Å². The standard InChI is InChI=1S/C14H21FN2O/c1-9(10-5-3-4-6-10)17-13-8-14(18-2)11(15)7-12(13)16/h7-10,17H,3-6,16H2,1-2H3. The summed E-state index contributed by atoms with van der Waals surface area (Å²) >= 11 is 0. The van der Waals surface area contributed by atoms with E-state index in [0.717, 1.165) is 5.69 Å². The highest BCUT2D eigenvalue weighted by molar-refractivity contribution is 5.69. The Hall–Kier alpha value is -1.45. The molecular formula is C14H21FN2O. The SMILES string of the molecule is COc1cc(NC(C)C2CCCC2)c(N)cc1F. The molecule has 4 heteroatoms. The Bertz CT molecular complexity index is 417. The summed E-state index contributed by atoms with van der Waals surface area (Å²) in [7, 11) is 1.46. The van der Waals surface area contributed by atoms with Crippen LogP contribution in [0.3, 0.4) is 0 Å². The van der Waals surface area contributed by atoms with Gasteiger partial charge in [-0.3, -0.25) is 0 Å². The maximum Gasteiger partial charge on any atom is 0.167 e. The molecule has 1 atom stereocenters. The van der Waals surface area contributed by atoms with Crippen LogP contribution < -0.4 is 15.8 Å². The molecule has 1 unspecified atom stereocenters. The summed E-state index contributed by atoms with van der Waals surface area (Å²) in [6.07, 6.45) is 5.12. The van der Waals surface area contributed by atoms with Crippen molar-refractivity contribution in [1.29, 1.82) is 0 Å². The van der Waals surface area contributed by atoms with Crippen molar-refractivity contribution in [2.24, 2.45) is 5.92 Å². The Morgan fingerprint density at radius 3 is 2.67 bits per heavy atom. The number of nitrogens with one attached hydrogen (secondary N) is 1. The molecule has 0 radical (unpaired) electrons. The Morgan fingerprint density at radius 1 is 1.39 bits per heavy atom. The smallest absolute Gasteiger partial charge is 0.167 e. The molecule has 2 rings (SSSR count). The van der Waals surface area contributed by atoms with Crippen molar-refractivity contribution in [3.8, 4) is 5.75 Å². The summed E-state index contributed by atoms with van der Waals surface area (Å²) in [5.74, 6) is 0.486. The second-order valence-corrected chi connectivity index (χ2v) is 5.05. The Labute approximate surface area is 108 Å². The fourth-order valence-electron chi connectivity index (χ4n) is 2.67. The Kier molecular flexibility index (Phi) is 3.94. The van der Waals surface area contributed by atoms with Crippen molar-refractivity contribution >= 4 is 11.4 Å². The molecule has 3 nitrogen and oxygen atoms in total. The highest BCUT2D eigenvalue weighted by Gasteiger charge is 2.22. The van der Waals surface area contributed by atoms with Gasteiger partial charge in [0.2, 0.25) is 0 Å². The molecule has 1 saturated carbocycles. The average molecular weight is 252 g/mol. The number of rotatable bonds is 4. The van der Waals surface area contributed by atoms with E-state index in [1.165, 1.54) is 38.9 Å². The van der Waals surface area contributed by atoms with Crippen LogP contribution in [0.15, 0.2) is 12.1 Å². The van der Waals surface area contributed by atoms with Crippen LogP contribution in [-0.2, 0) is 0 Å². The zero-order valence-corrected chi connectivity index (χ0v) is 11.0. The molecule has 3 N–H and O–H groups in total. The molecule has 0 spiro atoms. The molecule has 0 aromatic heterocycles. The molecule has 18 heavy (non-hydrogen) atoms. The molecule has 1 aromatic carbocycles. The second-order valence-electron chi connectivity index (χ2n) is 5.05. The van der Waals surface area contributed by atoms with Gasteiger partial charge in [-0.05, 0) is 25.7 Å². The van der Waals surface area contributed by atoms with Crippen LogP contribution in [0.5, 0.6) is 5.75 Å². The van der Waals surface area contributed by atoms with Crippen molar-refractivity contribution in [2.75, 3.05) is 18.2 Å². The van der Waals surface area contributed by atoms with Crippen LogP contribution in [0, 0.1) is 11.7 Å². The quantitative estimate of drug-likeness (QED) is 0.807. The third kappa shape index (κ3) is 2.68. The van der Waals surface area contributed by atoms with Gasteiger partial charge in [0.1, 0.15) is 0 Å². The normalized spacial score (nSPS) is 17.7. The molecule has 1 aromatic rings. The van der Waals surface area contributed by atoms with Gasteiger partial charge in [0.15, 0.2) is 11.6 Å². The van der Waals surface area contributed by atoms with Crippen LogP contribution in [0.1, 0.15) is 32.6 Å². The Balaban J connectivity index is 2.12. The first-order valence-corrected chi connectivity index (χ1v) is 6.51. The van der Waals surface area contributed by atoms with Crippen LogP contribution in [0.25, 0.3) is 0 Å². The number of methoxy groups -OCH3 is 1. The van der Waals surface area contributed by atoms with Gasteiger partial charge in [-0.25, -0.2) is 4.39 Å². The minimum absolute atomic E-state index is 0.227. The minimum Gasteiger partial charge on any atom is -0.494 e. The first kappa shape index (κ1) is 13.0. The van der Waals surface area contributed by atoms with Crippen molar-refractivity contribution in [3.63, 3.8) is 0 Å². The highest BCUT2D eigenvalue weighted by atomic mass is 19.1. The first-order valence-electron chi connectivity index (χ1n) is 6.51. The first-order chi connectivity index (χ1) is 8.61. The third-order valence-corrected chi connectivity index (χ3v) is 3.81. The molecular weight excluding hydrogens is 231 g/mol. The molecule has 0 amide bonds. The number of hydrogen-bond acceptors (Lipinski definition) is 3. The largest absolute Gasteiger partial charge is 0.494 e. The van der Waals surface area contributed by atoms with Gasteiger partial charge in [-0.15, -0.1) is 0 Å². The molecule has 1 aliphatic carbocycles. The van der Waals surface area contributed by atoms with Crippen LogP contribution in [-0.4, -0.2) is 13.2 Å². The summed E-state index contributed by atoms with van der Waals surface area (Å²) < 4.78 is 18.4.